The van der Waals surface area contributed by atoms with E-state index in [0.717, 1.165) is 5.56 Å². The van der Waals surface area contributed by atoms with Crippen LogP contribution in [0.3, 0.4) is 0 Å². The van der Waals surface area contributed by atoms with E-state index < -0.39 is 6.17 Å². The molecule has 0 bridgehead atoms. The van der Waals surface area contributed by atoms with E-state index in [1.165, 1.54) is 12.1 Å². The molecule has 4 nitrogen and oxygen atoms in total. The summed E-state index contributed by atoms with van der Waals surface area (Å²) in [6, 6.07) is 15.3. The lowest BCUT2D eigenvalue weighted by molar-refractivity contribution is 0.0938. The summed E-state index contributed by atoms with van der Waals surface area (Å²) in [6.07, 6.45) is -0.599. The van der Waals surface area contributed by atoms with Gasteiger partial charge in [-0.25, -0.2) is 0 Å². The van der Waals surface area contributed by atoms with Gasteiger partial charge in [0.25, 0.3) is 5.91 Å². The molecule has 0 saturated carbocycles. The van der Waals surface area contributed by atoms with Gasteiger partial charge in [-0.15, -0.1) is 0 Å². The molecule has 4 N–H and O–H groups in total. The molecule has 0 aliphatic rings. The summed E-state index contributed by atoms with van der Waals surface area (Å²) in [6.45, 7) is 0. The quantitative estimate of drug-likeness (QED) is 0.718. The van der Waals surface area contributed by atoms with Crippen molar-refractivity contribution in [1.82, 2.24) is 5.32 Å². The molecule has 0 aliphatic carbocycles. The van der Waals surface area contributed by atoms with Gasteiger partial charge in [0.2, 0.25) is 0 Å². The molecule has 2 aromatic rings. The van der Waals surface area contributed by atoms with Crippen LogP contribution in [-0.2, 0) is 0 Å². The second-order valence-electron chi connectivity index (χ2n) is 3.91. The van der Waals surface area contributed by atoms with Crippen LogP contribution < -0.4 is 11.1 Å². The van der Waals surface area contributed by atoms with Crippen LogP contribution in [0.4, 0.5) is 0 Å². The lowest BCUT2D eigenvalue weighted by atomic mass is 10.1. The van der Waals surface area contributed by atoms with Gasteiger partial charge in [-0.2, -0.15) is 0 Å². The van der Waals surface area contributed by atoms with E-state index in [0.29, 0.717) is 5.56 Å². The zero-order chi connectivity index (χ0) is 13.0. The van der Waals surface area contributed by atoms with Crippen molar-refractivity contribution in [3.8, 4) is 5.75 Å². The fourth-order valence-electron chi connectivity index (χ4n) is 1.58. The molecule has 0 aromatic heterocycles. The summed E-state index contributed by atoms with van der Waals surface area (Å²) in [7, 11) is 0. The number of phenolic OH excluding ortho intramolecular Hbond substituents is 1. The maximum atomic E-state index is 11.9. The number of nitrogens with one attached hydrogen (secondary N) is 1. The van der Waals surface area contributed by atoms with Crippen molar-refractivity contribution in [3.05, 3.63) is 65.7 Å². The molecule has 1 amide bonds. The number of carbonyl (C=O) groups excluding carboxylic acids is 1. The number of aromatic hydroxyl groups is 1. The molecule has 0 radical (unpaired) electrons. The maximum Gasteiger partial charge on any atom is 0.252 e. The summed E-state index contributed by atoms with van der Waals surface area (Å²) >= 11 is 0. The Hall–Kier alpha value is -2.33. The first-order chi connectivity index (χ1) is 8.66. The predicted octanol–water partition coefficient (Wildman–Crippen LogP) is 1.78. The summed E-state index contributed by atoms with van der Waals surface area (Å²) in [4.78, 5) is 11.9. The standard InChI is InChI=1S/C14H14N2O2/c15-13(10-6-8-12(17)9-7-10)16-14(18)11-4-2-1-3-5-11/h1-9,13,17H,15H2,(H,16,18). The second kappa shape index (κ2) is 5.33. The summed E-state index contributed by atoms with van der Waals surface area (Å²) in [5.74, 6) is -0.0588. The van der Waals surface area contributed by atoms with Crippen LogP contribution in [0.5, 0.6) is 5.75 Å². The number of carbonyl (C=O) groups is 1. The van der Waals surface area contributed by atoms with Gasteiger partial charge in [-0.3, -0.25) is 4.79 Å². The van der Waals surface area contributed by atoms with Crippen molar-refractivity contribution >= 4 is 5.91 Å². The van der Waals surface area contributed by atoms with E-state index in [4.69, 9.17) is 5.73 Å². The molecule has 2 rings (SSSR count). The number of benzene rings is 2. The van der Waals surface area contributed by atoms with Gasteiger partial charge in [0, 0.05) is 5.56 Å². The van der Waals surface area contributed by atoms with Crippen LogP contribution in [0.15, 0.2) is 54.6 Å². The fourth-order valence-corrected chi connectivity index (χ4v) is 1.58. The van der Waals surface area contributed by atoms with Gasteiger partial charge in [0.1, 0.15) is 11.9 Å². The van der Waals surface area contributed by atoms with Crippen LogP contribution in [0.1, 0.15) is 22.1 Å². The first kappa shape index (κ1) is 12.1. The molecule has 18 heavy (non-hydrogen) atoms. The molecule has 2 aromatic carbocycles. The first-order valence-electron chi connectivity index (χ1n) is 5.57. The van der Waals surface area contributed by atoms with Crippen molar-refractivity contribution in [1.29, 1.82) is 0 Å². The Balaban J connectivity index is 2.06. The molecule has 4 heteroatoms. The Morgan fingerprint density at radius 2 is 1.67 bits per heavy atom. The lowest BCUT2D eigenvalue weighted by Crippen LogP contribution is -2.33. The molecule has 0 spiro atoms. The number of hydrogen-bond acceptors (Lipinski definition) is 3. The normalized spacial score (nSPS) is 11.8. The van der Waals surface area contributed by atoms with Gasteiger partial charge in [0.15, 0.2) is 0 Å². The van der Waals surface area contributed by atoms with Crippen LogP contribution in [0, 0.1) is 0 Å². The highest BCUT2D eigenvalue weighted by atomic mass is 16.3. The Kier molecular flexibility index (Phi) is 3.60. The third-order valence-corrected chi connectivity index (χ3v) is 2.57. The molecule has 0 fully saturated rings. The van der Waals surface area contributed by atoms with Gasteiger partial charge in [-0.05, 0) is 29.8 Å². The minimum Gasteiger partial charge on any atom is -0.508 e. The summed E-state index contributed by atoms with van der Waals surface area (Å²) in [5.41, 5.74) is 7.16. The maximum absolute atomic E-state index is 11.9. The topological polar surface area (TPSA) is 75.3 Å². The van der Waals surface area contributed by atoms with E-state index in [2.05, 4.69) is 5.32 Å². The molecule has 0 heterocycles. The Labute approximate surface area is 105 Å². The lowest BCUT2D eigenvalue weighted by Gasteiger charge is -2.14. The van der Waals surface area contributed by atoms with E-state index in [-0.39, 0.29) is 11.7 Å². The monoisotopic (exact) mass is 242 g/mol. The summed E-state index contributed by atoms with van der Waals surface area (Å²) in [5, 5.41) is 11.9. The van der Waals surface area contributed by atoms with Gasteiger partial charge >= 0.3 is 0 Å². The average Bonchev–Trinajstić information content (AvgIpc) is 2.40. The Morgan fingerprint density at radius 3 is 2.28 bits per heavy atom. The number of amides is 1. The van der Waals surface area contributed by atoms with Crippen LogP contribution in [-0.4, -0.2) is 11.0 Å². The number of hydrogen-bond donors (Lipinski definition) is 3. The molecular formula is C14H14N2O2. The van der Waals surface area contributed by atoms with E-state index in [9.17, 15) is 9.90 Å². The van der Waals surface area contributed by atoms with Crippen molar-refractivity contribution in [2.45, 2.75) is 6.17 Å². The summed E-state index contributed by atoms with van der Waals surface area (Å²) < 4.78 is 0. The number of phenols is 1. The van der Waals surface area contributed by atoms with E-state index in [1.54, 1.807) is 36.4 Å². The average molecular weight is 242 g/mol. The second-order valence-corrected chi connectivity index (χ2v) is 3.91. The highest BCUT2D eigenvalue weighted by molar-refractivity contribution is 5.94. The van der Waals surface area contributed by atoms with E-state index in [1.807, 2.05) is 6.07 Å². The largest absolute Gasteiger partial charge is 0.508 e. The molecule has 1 unspecified atom stereocenters. The highest BCUT2D eigenvalue weighted by Crippen LogP contribution is 2.13. The number of nitrogens with two attached hydrogens (primary N) is 1. The molecule has 1 atom stereocenters. The van der Waals surface area contributed by atoms with Gasteiger partial charge in [0.05, 0.1) is 0 Å². The van der Waals surface area contributed by atoms with Gasteiger partial charge < -0.3 is 16.2 Å². The van der Waals surface area contributed by atoms with E-state index >= 15 is 0 Å². The fraction of sp³-hybridized carbons (Fsp3) is 0.0714. The van der Waals surface area contributed by atoms with Gasteiger partial charge in [-0.1, -0.05) is 30.3 Å². The Morgan fingerprint density at radius 1 is 1.06 bits per heavy atom. The van der Waals surface area contributed by atoms with Crippen molar-refractivity contribution in [2.75, 3.05) is 0 Å². The zero-order valence-electron chi connectivity index (χ0n) is 9.71. The zero-order valence-corrected chi connectivity index (χ0v) is 9.71. The molecule has 0 aliphatic heterocycles. The molecule has 92 valence electrons. The number of rotatable bonds is 3. The molecule has 0 saturated heterocycles. The molecular weight excluding hydrogens is 228 g/mol. The van der Waals surface area contributed by atoms with Crippen LogP contribution in [0.25, 0.3) is 0 Å². The third kappa shape index (κ3) is 2.87. The SMILES string of the molecule is NC(NC(=O)c1ccccc1)c1ccc(O)cc1. The minimum atomic E-state index is -0.599. The Bertz CT molecular complexity index is 523. The van der Waals surface area contributed by atoms with Crippen molar-refractivity contribution in [2.24, 2.45) is 5.73 Å². The van der Waals surface area contributed by atoms with Crippen LogP contribution in [0.2, 0.25) is 0 Å². The minimum absolute atomic E-state index is 0.167. The smallest absolute Gasteiger partial charge is 0.252 e. The first-order valence-corrected chi connectivity index (χ1v) is 5.57. The van der Waals surface area contributed by atoms with Crippen LogP contribution >= 0.6 is 0 Å². The highest BCUT2D eigenvalue weighted by Gasteiger charge is 2.11. The predicted molar refractivity (Wildman–Crippen MR) is 68.9 cm³/mol. The van der Waals surface area contributed by atoms with Crippen molar-refractivity contribution in [3.63, 3.8) is 0 Å². The van der Waals surface area contributed by atoms with Crippen molar-refractivity contribution < 1.29 is 9.90 Å². The third-order valence-electron chi connectivity index (χ3n) is 2.57.